The predicted octanol–water partition coefficient (Wildman–Crippen LogP) is 6.11. The van der Waals surface area contributed by atoms with Crippen LogP contribution < -0.4 is 5.32 Å². The van der Waals surface area contributed by atoms with Crippen molar-refractivity contribution in [2.45, 2.75) is 57.9 Å². The van der Waals surface area contributed by atoms with E-state index >= 15 is 0 Å². The number of likely N-dealkylation sites (tertiary alicyclic amines) is 1. The lowest BCUT2D eigenvalue weighted by molar-refractivity contribution is -0.137. The summed E-state index contributed by atoms with van der Waals surface area (Å²) in [7, 11) is 0. The quantitative estimate of drug-likeness (QED) is 0.501. The van der Waals surface area contributed by atoms with Crippen LogP contribution in [0.25, 0.3) is 10.4 Å². The van der Waals surface area contributed by atoms with Gasteiger partial charge in [0.1, 0.15) is 11.3 Å². The summed E-state index contributed by atoms with van der Waals surface area (Å²) in [5.41, 5.74) is -1.06. The van der Waals surface area contributed by atoms with Crippen LogP contribution in [0, 0.1) is 0 Å². The van der Waals surface area contributed by atoms with Crippen molar-refractivity contribution in [2.24, 2.45) is 0 Å². The second-order valence-electron chi connectivity index (χ2n) is 8.75. The van der Waals surface area contributed by atoms with Crippen LogP contribution >= 0.6 is 27.3 Å². The number of alkyl halides is 3. The van der Waals surface area contributed by atoms with Crippen LogP contribution in [0.3, 0.4) is 0 Å². The first kappa shape index (κ1) is 25.5. The number of halogens is 4. The van der Waals surface area contributed by atoms with Gasteiger partial charge in [-0.15, -0.1) is 11.3 Å². The zero-order valence-electron chi connectivity index (χ0n) is 18.5. The van der Waals surface area contributed by atoms with Gasteiger partial charge in [-0.1, -0.05) is 12.1 Å². The van der Waals surface area contributed by atoms with E-state index in [0.717, 1.165) is 36.3 Å². The SMILES string of the molecule is CC(C)(C)OC(=O)NCC1CCCCN1C(=O)c1nc(Br)sc1-c1cccc(C(F)(F)F)c1. The second kappa shape index (κ2) is 10.0. The van der Waals surface area contributed by atoms with Crippen LogP contribution in [-0.2, 0) is 10.9 Å². The van der Waals surface area contributed by atoms with E-state index in [-0.39, 0.29) is 29.8 Å². The van der Waals surface area contributed by atoms with Gasteiger partial charge in [0.25, 0.3) is 5.91 Å². The van der Waals surface area contributed by atoms with E-state index in [1.165, 1.54) is 12.1 Å². The molecule has 6 nitrogen and oxygen atoms in total. The maximum atomic E-state index is 13.5. The Kier molecular flexibility index (Phi) is 7.73. The number of nitrogens with one attached hydrogen (secondary N) is 1. The molecule has 1 unspecified atom stereocenters. The Balaban J connectivity index is 1.83. The van der Waals surface area contributed by atoms with Gasteiger partial charge >= 0.3 is 12.3 Å². The Hall–Kier alpha value is -2.14. The highest BCUT2D eigenvalue weighted by Gasteiger charge is 2.33. The van der Waals surface area contributed by atoms with E-state index in [9.17, 15) is 22.8 Å². The molecule has 2 amide bonds. The number of alkyl carbamates (subject to hydrolysis) is 1. The van der Waals surface area contributed by atoms with Gasteiger partial charge in [-0.3, -0.25) is 4.79 Å². The molecule has 0 saturated carbocycles. The standard InChI is InChI=1S/C22H25BrF3N3O3S/c1-21(2,3)32-20(31)27-12-15-9-4-5-10-29(15)18(30)16-17(33-19(23)28-16)13-7-6-8-14(11-13)22(24,25)26/h6-8,11,15H,4-5,9-10,12H2,1-3H3,(H,27,31). The normalized spacial score (nSPS) is 17.1. The number of hydrogen-bond acceptors (Lipinski definition) is 5. The van der Waals surface area contributed by atoms with Crippen molar-refractivity contribution in [1.29, 1.82) is 0 Å². The van der Waals surface area contributed by atoms with E-state index in [0.29, 0.717) is 21.8 Å². The highest BCUT2D eigenvalue weighted by Crippen LogP contribution is 2.38. The molecule has 33 heavy (non-hydrogen) atoms. The highest BCUT2D eigenvalue weighted by atomic mass is 79.9. The minimum atomic E-state index is -4.49. The molecular weight excluding hydrogens is 523 g/mol. The van der Waals surface area contributed by atoms with Crippen molar-refractivity contribution in [3.05, 3.63) is 39.4 Å². The molecule has 180 valence electrons. The van der Waals surface area contributed by atoms with Gasteiger partial charge in [0.2, 0.25) is 0 Å². The monoisotopic (exact) mass is 547 g/mol. The van der Waals surface area contributed by atoms with Crippen LogP contribution in [0.1, 0.15) is 56.1 Å². The molecule has 2 aromatic rings. The number of carbonyl (C=O) groups is 2. The Morgan fingerprint density at radius 3 is 2.67 bits per heavy atom. The molecular formula is C22H25BrF3N3O3S. The number of rotatable bonds is 4. The fourth-order valence-electron chi connectivity index (χ4n) is 3.60. The van der Waals surface area contributed by atoms with Gasteiger partial charge in [-0.05, 0) is 73.7 Å². The zero-order chi connectivity index (χ0) is 24.4. The fraction of sp³-hybridized carbons (Fsp3) is 0.500. The van der Waals surface area contributed by atoms with Crippen molar-refractivity contribution < 1.29 is 27.5 Å². The summed E-state index contributed by atoms with van der Waals surface area (Å²) in [6.45, 7) is 5.97. The number of aromatic nitrogens is 1. The maximum Gasteiger partial charge on any atom is 0.416 e. The Bertz CT molecular complexity index is 1020. The van der Waals surface area contributed by atoms with Gasteiger partial charge in [0, 0.05) is 19.1 Å². The number of carbonyl (C=O) groups excluding carboxylic acids is 2. The average Bonchev–Trinajstić information content (AvgIpc) is 3.12. The molecule has 0 aliphatic carbocycles. The Morgan fingerprint density at radius 2 is 2.00 bits per heavy atom. The topological polar surface area (TPSA) is 71.5 Å². The maximum absolute atomic E-state index is 13.5. The number of nitrogens with zero attached hydrogens (tertiary/aromatic N) is 2. The third-order valence-corrected chi connectivity index (χ3v) is 6.58. The van der Waals surface area contributed by atoms with Gasteiger partial charge < -0.3 is 15.0 Å². The number of benzene rings is 1. The minimum absolute atomic E-state index is 0.0929. The highest BCUT2D eigenvalue weighted by molar-refractivity contribution is 9.11. The third kappa shape index (κ3) is 6.69. The third-order valence-electron chi connectivity index (χ3n) is 5.02. The molecule has 3 rings (SSSR count). The summed E-state index contributed by atoms with van der Waals surface area (Å²) in [6, 6.07) is 4.59. The molecule has 1 aliphatic heterocycles. The average molecular weight is 548 g/mol. The van der Waals surface area contributed by atoms with Crippen molar-refractivity contribution in [2.75, 3.05) is 13.1 Å². The predicted molar refractivity (Wildman–Crippen MR) is 123 cm³/mol. The molecule has 1 aromatic carbocycles. The lowest BCUT2D eigenvalue weighted by Crippen LogP contribution is -2.50. The largest absolute Gasteiger partial charge is 0.444 e. The van der Waals surface area contributed by atoms with Crippen LogP contribution in [0.5, 0.6) is 0 Å². The lowest BCUT2D eigenvalue weighted by Gasteiger charge is -2.35. The first-order valence-electron chi connectivity index (χ1n) is 10.5. The molecule has 1 N–H and O–H groups in total. The summed E-state index contributed by atoms with van der Waals surface area (Å²) in [5.74, 6) is -0.375. The molecule has 1 aliphatic rings. The number of thiazole rings is 1. The lowest BCUT2D eigenvalue weighted by atomic mass is 10.0. The summed E-state index contributed by atoms with van der Waals surface area (Å²) in [6.07, 6.45) is -2.69. The molecule has 1 saturated heterocycles. The fourth-order valence-corrected chi connectivity index (χ4v) is 5.05. The molecule has 0 bridgehead atoms. The van der Waals surface area contributed by atoms with E-state index in [4.69, 9.17) is 4.74 Å². The summed E-state index contributed by atoms with van der Waals surface area (Å²) >= 11 is 4.37. The van der Waals surface area contributed by atoms with Crippen LogP contribution in [0.15, 0.2) is 28.2 Å². The number of piperidine rings is 1. The summed E-state index contributed by atoms with van der Waals surface area (Å²) < 4.78 is 45.3. The molecule has 0 radical (unpaired) electrons. The van der Waals surface area contributed by atoms with Crippen LogP contribution in [-0.4, -0.2) is 46.6 Å². The molecule has 2 heterocycles. The summed E-state index contributed by atoms with van der Waals surface area (Å²) in [5, 5.41) is 2.71. The minimum Gasteiger partial charge on any atom is -0.444 e. The smallest absolute Gasteiger partial charge is 0.416 e. The van der Waals surface area contributed by atoms with Gasteiger partial charge in [0.15, 0.2) is 3.92 Å². The van der Waals surface area contributed by atoms with Crippen molar-refractivity contribution in [3.8, 4) is 10.4 Å². The first-order chi connectivity index (χ1) is 15.3. The molecule has 1 fully saturated rings. The van der Waals surface area contributed by atoms with E-state index in [1.807, 2.05) is 0 Å². The van der Waals surface area contributed by atoms with E-state index in [2.05, 4.69) is 26.2 Å². The van der Waals surface area contributed by atoms with Gasteiger partial charge in [-0.2, -0.15) is 13.2 Å². The summed E-state index contributed by atoms with van der Waals surface area (Å²) in [4.78, 5) is 31.8. The number of ether oxygens (including phenoxy) is 1. The Labute approximate surface area is 202 Å². The van der Waals surface area contributed by atoms with Gasteiger partial charge in [-0.25, -0.2) is 9.78 Å². The Morgan fingerprint density at radius 1 is 1.27 bits per heavy atom. The second-order valence-corrected chi connectivity index (χ2v) is 11.0. The number of amides is 2. The number of hydrogen-bond donors (Lipinski definition) is 1. The molecule has 11 heteroatoms. The van der Waals surface area contributed by atoms with Gasteiger partial charge in [0.05, 0.1) is 10.4 Å². The van der Waals surface area contributed by atoms with Crippen LogP contribution in [0.2, 0.25) is 0 Å². The first-order valence-corrected chi connectivity index (χ1v) is 12.1. The zero-order valence-corrected chi connectivity index (χ0v) is 20.9. The molecule has 1 aromatic heterocycles. The van der Waals surface area contributed by atoms with E-state index < -0.39 is 23.4 Å². The van der Waals surface area contributed by atoms with Crippen molar-refractivity contribution in [3.63, 3.8) is 0 Å². The van der Waals surface area contributed by atoms with Crippen LogP contribution in [0.4, 0.5) is 18.0 Å². The molecule has 0 spiro atoms. The van der Waals surface area contributed by atoms with E-state index in [1.54, 1.807) is 25.7 Å². The molecule has 1 atom stereocenters. The van der Waals surface area contributed by atoms with Crippen molar-refractivity contribution in [1.82, 2.24) is 15.2 Å². The van der Waals surface area contributed by atoms with Crippen molar-refractivity contribution >= 4 is 39.3 Å².